The van der Waals surface area contributed by atoms with Gasteiger partial charge in [-0.3, -0.25) is 0 Å². The standard InChI is InChI=1S/C18H29N3O2S/c19-15-12-13-21(14-15)17-8-10-18(11-9-17)24(22,23)20-16-6-4-2-1-3-5-7-16/h8-11,15-16,20H,1-7,12-14,19H2/t15-/m0/s1. The highest BCUT2D eigenvalue weighted by Gasteiger charge is 2.22. The Morgan fingerprint density at radius 2 is 1.58 bits per heavy atom. The summed E-state index contributed by atoms with van der Waals surface area (Å²) < 4.78 is 28.2. The first-order valence-corrected chi connectivity index (χ1v) is 10.7. The molecule has 0 bridgehead atoms. The molecule has 1 aliphatic heterocycles. The van der Waals surface area contributed by atoms with Gasteiger partial charge in [-0.25, -0.2) is 13.1 Å². The summed E-state index contributed by atoms with van der Waals surface area (Å²) in [5.74, 6) is 0. The second-order valence-corrected chi connectivity index (χ2v) is 8.87. The monoisotopic (exact) mass is 351 g/mol. The predicted molar refractivity (Wildman–Crippen MR) is 97.7 cm³/mol. The van der Waals surface area contributed by atoms with Crippen molar-refractivity contribution < 1.29 is 8.42 Å². The van der Waals surface area contributed by atoms with E-state index in [-0.39, 0.29) is 12.1 Å². The Morgan fingerprint density at radius 3 is 2.17 bits per heavy atom. The van der Waals surface area contributed by atoms with Crippen molar-refractivity contribution in [2.75, 3.05) is 18.0 Å². The van der Waals surface area contributed by atoms with Gasteiger partial charge in [-0.2, -0.15) is 0 Å². The van der Waals surface area contributed by atoms with E-state index in [1.807, 2.05) is 12.1 Å². The zero-order valence-electron chi connectivity index (χ0n) is 14.3. The quantitative estimate of drug-likeness (QED) is 0.874. The Balaban J connectivity index is 1.65. The van der Waals surface area contributed by atoms with Gasteiger partial charge < -0.3 is 10.6 Å². The van der Waals surface area contributed by atoms with Gasteiger partial charge in [0.2, 0.25) is 10.0 Å². The molecule has 0 amide bonds. The van der Waals surface area contributed by atoms with E-state index < -0.39 is 10.0 Å². The maximum absolute atomic E-state index is 12.6. The molecule has 1 heterocycles. The van der Waals surface area contributed by atoms with Crippen molar-refractivity contribution in [2.45, 2.75) is 68.3 Å². The van der Waals surface area contributed by atoms with Crippen LogP contribution in [0.25, 0.3) is 0 Å². The zero-order chi connectivity index (χ0) is 17.0. The van der Waals surface area contributed by atoms with Crippen molar-refractivity contribution in [3.63, 3.8) is 0 Å². The molecule has 3 rings (SSSR count). The molecule has 5 nitrogen and oxygen atoms in total. The lowest BCUT2D eigenvalue weighted by Gasteiger charge is -2.21. The number of benzene rings is 1. The second kappa shape index (κ2) is 7.85. The minimum Gasteiger partial charge on any atom is -0.370 e. The Kier molecular flexibility index (Phi) is 5.79. The van der Waals surface area contributed by atoms with Gasteiger partial charge in [-0.1, -0.05) is 32.1 Å². The molecule has 1 saturated carbocycles. The number of nitrogens with zero attached hydrogens (tertiary/aromatic N) is 1. The summed E-state index contributed by atoms with van der Waals surface area (Å²) in [5.41, 5.74) is 6.99. The van der Waals surface area contributed by atoms with Gasteiger partial charge in [0.05, 0.1) is 4.90 Å². The van der Waals surface area contributed by atoms with Crippen molar-refractivity contribution in [1.29, 1.82) is 0 Å². The van der Waals surface area contributed by atoms with Crippen LogP contribution in [0.5, 0.6) is 0 Å². The highest BCUT2D eigenvalue weighted by molar-refractivity contribution is 7.89. The second-order valence-electron chi connectivity index (χ2n) is 7.15. The maximum atomic E-state index is 12.6. The van der Waals surface area contributed by atoms with Crippen molar-refractivity contribution in [2.24, 2.45) is 5.73 Å². The summed E-state index contributed by atoms with van der Waals surface area (Å²) >= 11 is 0. The molecule has 1 atom stereocenters. The minimum atomic E-state index is -3.43. The predicted octanol–water partition coefficient (Wildman–Crippen LogP) is 2.62. The molecular formula is C18H29N3O2S. The molecule has 0 unspecified atom stereocenters. The van der Waals surface area contributed by atoms with Crippen LogP contribution >= 0.6 is 0 Å². The van der Waals surface area contributed by atoms with E-state index in [4.69, 9.17) is 5.73 Å². The molecule has 6 heteroatoms. The molecule has 0 radical (unpaired) electrons. The van der Waals surface area contributed by atoms with E-state index in [1.54, 1.807) is 12.1 Å². The molecule has 1 saturated heterocycles. The van der Waals surface area contributed by atoms with E-state index in [2.05, 4.69) is 9.62 Å². The third kappa shape index (κ3) is 4.49. The Bertz CT molecular complexity index is 622. The van der Waals surface area contributed by atoms with Crippen LogP contribution in [-0.2, 0) is 10.0 Å². The Morgan fingerprint density at radius 1 is 0.958 bits per heavy atom. The topological polar surface area (TPSA) is 75.4 Å². The van der Waals surface area contributed by atoms with Gasteiger partial charge >= 0.3 is 0 Å². The molecule has 134 valence electrons. The van der Waals surface area contributed by atoms with Crippen LogP contribution in [0.4, 0.5) is 5.69 Å². The summed E-state index contributed by atoms with van der Waals surface area (Å²) in [6.07, 6.45) is 8.81. The third-order valence-corrected chi connectivity index (χ3v) is 6.70. The first-order chi connectivity index (χ1) is 11.5. The number of nitrogens with two attached hydrogens (primary N) is 1. The lowest BCUT2D eigenvalue weighted by molar-refractivity contribution is 0.426. The number of anilines is 1. The fourth-order valence-corrected chi connectivity index (χ4v) is 5.02. The van der Waals surface area contributed by atoms with E-state index in [9.17, 15) is 8.42 Å². The number of nitrogens with one attached hydrogen (secondary N) is 1. The molecule has 24 heavy (non-hydrogen) atoms. The fraction of sp³-hybridized carbons (Fsp3) is 0.667. The molecule has 2 fully saturated rings. The SMILES string of the molecule is N[C@H]1CCN(c2ccc(S(=O)(=O)NC3CCCCCCC3)cc2)C1. The van der Waals surface area contributed by atoms with Crippen LogP contribution in [0, 0.1) is 0 Å². The van der Waals surface area contributed by atoms with Crippen molar-refractivity contribution in [3.05, 3.63) is 24.3 Å². The van der Waals surface area contributed by atoms with Crippen LogP contribution in [0.1, 0.15) is 51.4 Å². The molecule has 3 N–H and O–H groups in total. The van der Waals surface area contributed by atoms with E-state index in [0.29, 0.717) is 4.90 Å². The van der Waals surface area contributed by atoms with E-state index in [0.717, 1.165) is 50.9 Å². The average Bonchev–Trinajstić information content (AvgIpc) is 2.96. The van der Waals surface area contributed by atoms with E-state index in [1.165, 1.54) is 19.3 Å². The first-order valence-electron chi connectivity index (χ1n) is 9.17. The number of hydrogen-bond acceptors (Lipinski definition) is 4. The molecule has 2 aliphatic rings. The molecular weight excluding hydrogens is 322 g/mol. The summed E-state index contributed by atoms with van der Waals surface area (Å²) in [4.78, 5) is 2.57. The van der Waals surface area contributed by atoms with Gasteiger partial charge in [0.1, 0.15) is 0 Å². The average molecular weight is 352 g/mol. The van der Waals surface area contributed by atoms with Crippen molar-refractivity contribution >= 4 is 15.7 Å². The van der Waals surface area contributed by atoms with Crippen LogP contribution in [-0.4, -0.2) is 33.6 Å². The summed E-state index contributed by atoms with van der Waals surface area (Å²) in [5, 5.41) is 0. The fourth-order valence-electron chi connectivity index (χ4n) is 3.72. The zero-order valence-corrected chi connectivity index (χ0v) is 15.1. The summed E-state index contributed by atoms with van der Waals surface area (Å²) in [6.45, 7) is 1.78. The normalized spacial score (nSPS) is 23.9. The lowest BCUT2D eigenvalue weighted by Crippen LogP contribution is -2.35. The minimum absolute atomic E-state index is 0.0755. The first kappa shape index (κ1) is 17.7. The van der Waals surface area contributed by atoms with E-state index >= 15 is 0 Å². The van der Waals surface area contributed by atoms with Crippen LogP contribution in [0.2, 0.25) is 0 Å². The smallest absolute Gasteiger partial charge is 0.240 e. The lowest BCUT2D eigenvalue weighted by atomic mass is 9.97. The van der Waals surface area contributed by atoms with Gasteiger partial charge in [0.15, 0.2) is 0 Å². The number of sulfonamides is 1. The largest absolute Gasteiger partial charge is 0.370 e. The van der Waals surface area contributed by atoms with Crippen LogP contribution < -0.4 is 15.4 Å². The highest BCUT2D eigenvalue weighted by atomic mass is 32.2. The summed E-state index contributed by atoms with van der Waals surface area (Å²) in [7, 11) is -3.43. The van der Waals surface area contributed by atoms with Crippen LogP contribution in [0.3, 0.4) is 0 Å². The third-order valence-electron chi connectivity index (χ3n) is 5.16. The summed E-state index contributed by atoms with van der Waals surface area (Å²) in [6, 6.07) is 7.51. The number of hydrogen-bond donors (Lipinski definition) is 2. The van der Waals surface area contributed by atoms with Gasteiger partial charge in [-0.05, 0) is 43.5 Å². The van der Waals surface area contributed by atoms with Crippen molar-refractivity contribution in [1.82, 2.24) is 4.72 Å². The van der Waals surface area contributed by atoms with Gasteiger partial charge in [-0.15, -0.1) is 0 Å². The van der Waals surface area contributed by atoms with Gasteiger partial charge in [0.25, 0.3) is 0 Å². The molecule has 1 aliphatic carbocycles. The van der Waals surface area contributed by atoms with Crippen molar-refractivity contribution in [3.8, 4) is 0 Å². The molecule has 0 spiro atoms. The molecule has 1 aromatic carbocycles. The Hall–Kier alpha value is -1.11. The van der Waals surface area contributed by atoms with Crippen LogP contribution in [0.15, 0.2) is 29.2 Å². The highest BCUT2D eigenvalue weighted by Crippen LogP contribution is 2.23. The number of rotatable bonds is 4. The molecule has 1 aromatic rings. The molecule has 0 aromatic heterocycles. The Labute approximate surface area is 145 Å². The van der Waals surface area contributed by atoms with Gasteiger partial charge in [0, 0.05) is 30.9 Å². The maximum Gasteiger partial charge on any atom is 0.240 e.